The molecule has 0 spiro atoms. The van der Waals surface area contributed by atoms with Crippen molar-refractivity contribution in [3.05, 3.63) is 35.9 Å². The fourth-order valence-electron chi connectivity index (χ4n) is 2.70. The van der Waals surface area contributed by atoms with E-state index in [9.17, 15) is 18.0 Å². The van der Waals surface area contributed by atoms with E-state index in [1.165, 1.54) is 4.90 Å². The standard InChI is InChI=1S/C15H20N2O4S/c1-22(20,21)16-14(10-12-6-3-2-4-7-12)15(19)17-9-5-8-13(17)11-18/h2-4,6-7,11,13-14,16H,5,8-10H2,1H3/t13-,14+/m0/s1. The first-order chi connectivity index (χ1) is 10.4. The summed E-state index contributed by atoms with van der Waals surface area (Å²) in [6, 6.07) is 7.86. The minimum Gasteiger partial charge on any atom is -0.332 e. The normalized spacial score (nSPS) is 19.9. The Morgan fingerprint density at radius 3 is 2.68 bits per heavy atom. The van der Waals surface area contributed by atoms with Crippen LogP contribution in [0.25, 0.3) is 0 Å². The molecule has 1 aromatic carbocycles. The molecule has 6 nitrogen and oxygen atoms in total. The zero-order valence-corrected chi connectivity index (χ0v) is 13.3. The van der Waals surface area contributed by atoms with E-state index in [2.05, 4.69) is 4.72 Å². The molecule has 0 radical (unpaired) electrons. The van der Waals surface area contributed by atoms with Crippen molar-refractivity contribution in [3.8, 4) is 0 Å². The maximum Gasteiger partial charge on any atom is 0.241 e. The largest absolute Gasteiger partial charge is 0.332 e. The van der Waals surface area contributed by atoms with Crippen LogP contribution in [0.4, 0.5) is 0 Å². The van der Waals surface area contributed by atoms with E-state index < -0.39 is 22.1 Å². The Morgan fingerprint density at radius 2 is 2.09 bits per heavy atom. The van der Waals surface area contributed by atoms with Crippen molar-refractivity contribution in [1.82, 2.24) is 9.62 Å². The van der Waals surface area contributed by atoms with Crippen LogP contribution in [0.3, 0.4) is 0 Å². The van der Waals surface area contributed by atoms with E-state index >= 15 is 0 Å². The third-order valence-electron chi connectivity index (χ3n) is 3.68. The summed E-state index contributed by atoms with van der Waals surface area (Å²) < 4.78 is 25.5. The molecule has 0 aliphatic carbocycles. The van der Waals surface area contributed by atoms with E-state index in [0.29, 0.717) is 13.0 Å². The molecule has 1 fully saturated rings. The fourth-order valence-corrected chi connectivity index (χ4v) is 3.40. The van der Waals surface area contributed by atoms with Gasteiger partial charge in [0.15, 0.2) is 0 Å². The molecule has 0 aromatic heterocycles. The van der Waals surface area contributed by atoms with Crippen molar-refractivity contribution in [2.75, 3.05) is 12.8 Å². The zero-order chi connectivity index (χ0) is 16.2. The van der Waals surface area contributed by atoms with E-state index in [-0.39, 0.29) is 12.3 Å². The number of hydrogen-bond donors (Lipinski definition) is 1. The lowest BCUT2D eigenvalue weighted by atomic mass is 10.1. The summed E-state index contributed by atoms with van der Waals surface area (Å²) in [6.45, 7) is 0.485. The van der Waals surface area contributed by atoms with Crippen LogP contribution in [0.15, 0.2) is 30.3 Å². The molecule has 0 unspecified atom stereocenters. The second-order valence-electron chi connectivity index (χ2n) is 5.51. The number of amides is 1. The predicted octanol–water partition coefficient (Wildman–Crippen LogP) is 0.337. The maximum absolute atomic E-state index is 12.6. The Labute approximate surface area is 130 Å². The summed E-state index contributed by atoms with van der Waals surface area (Å²) in [5, 5.41) is 0. The van der Waals surface area contributed by atoms with Crippen LogP contribution in [0.1, 0.15) is 18.4 Å². The monoisotopic (exact) mass is 324 g/mol. The minimum atomic E-state index is -3.53. The Kier molecular flexibility index (Phi) is 5.31. The van der Waals surface area contributed by atoms with Gasteiger partial charge in [0.2, 0.25) is 15.9 Å². The highest BCUT2D eigenvalue weighted by molar-refractivity contribution is 7.88. The molecule has 1 saturated heterocycles. The van der Waals surface area contributed by atoms with Crippen molar-refractivity contribution < 1.29 is 18.0 Å². The molecule has 120 valence electrons. The second kappa shape index (κ2) is 7.02. The Hall–Kier alpha value is -1.73. The highest BCUT2D eigenvalue weighted by Gasteiger charge is 2.34. The third kappa shape index (κ3) is 4.38. The van der Waals surface area contributed by atoms with Gasteiger partial charge in [-0.1, -0.05) is 30.3 Å². The van der Waals surface area contributed by atoms with Gasteiger partial charge in [0.1, 0.15) is 12.3 Å². The van der Waals surface area contributed by atoms with Gasteiger partial charge >= 0.3 is 0 Å². The number of rotatable bonds is 6. The number of likely N-dealkylation sites (tertiary alicyclic amines) is 1. The van der Waals surface area contributed by atoms with E-state index in [1.807, 2.05) is 30.3 Å². The number of hydrogen-bond acceptors (Lipinski definition) is 4. The SMILES string of the molecule is CS(=O)(=O)N[C@H](Cc1ccccc1)C(=O)N1CCC[C@H]1C=O. The number of nitrogens with one attached hydrogen (secondary N) is 1. The quantitative estimate of drug-likeness (QED) is 0.765. The van der Waals surface area contributed by atoms with Gasteiger partial charge in [-0.25, -0.2) is 13.1 Å². The van der Waals surface area contributed by atoms with Crippen LogP contribution >= 0.6 is 0 Å². The van der Waals surface area contributed by atoms with Crippen LogP contribution < -0.4 is 4.72 Å². The maximum atomic E-state index is 12.6. The molecular weight excluding hydrogens is 304 g/mol. The van der Waals surface area contributed by atoms with Gasteiger partial charge < -0.3 is 9.69 Å². The number of benzene rings is 1. The molecule has 0 bridgehead atoms. The first-order valence-electron chi connectivity index (χ1n) is 7.17. The van der Waals surface area contributed by atoms with Crippen molar-refractivity contribution in [1.29, 1.82) is 0 Å². The molecule has 1 aromatic rings. The van der Waals surface area contributed by atoms with Gasteiger partial charge in [0, 0.05) is 6.54 Å². The highest BCUT2D eigenvalue weighted by atomic mass is 32.2. The van der Waals surface area contributed by atoms with Crippen molar-refractivity contribution >= 4 is 22.2 Å². The number of aldehydes is 1. The van der Waals surface area contributed by atoms with Gasteiger partial charge in [0.25, 0.3) is 0 Å². The van der Waals surface area contributed by atoms with Crippen LogP contribution in [-0.4, -0.2) is 50.4 Å². The molecule has 1 N–H and O–H groups in total. The summed E-state index contributed by atoms with van der Waals surface area (Å²) in [6.07, 6.45) is 3.43. The van der Waals surface area contributed by atoms with E-state index in [0.717, 1.165) is 24.5 Å². The third-order valence-corrected chi connectivity index (χ3v) is 4.39. The molecular formula is C15H20N2O4S. The average Bonchev–Trinajstić information content (AvgIpc) is 2.94. The second-order valence-corrected chi connectivity index (χ2v) is 7.29. The number of carbonyl (C=O) groups is 2. The molecule has 1 amide bonds. The molecule has 2 rings (SSSR count). The summed E-state index contributed by atoms with van der Waals surface area (Å²) in [5.41, 5.74) is 0.860. The molecule has 1 aliphatic heterocycles. The smallest absolute Gasteiger partial charge is 0.241 e. The molecule has 22 heavy (non-hydrogen) atoms. The topological polar surface area (TPSA) is 83.6 Å². The lowest BCUT2D eigenvalue weighted by Gasteiger charge is -2.26. The summed E-state index contributed by atoms with van der Waals surface area (Å²) in [5.74, 6) is -0.344. The van der Waals surface area contributed by atoms with Crippen molar-refractivity contribution in [2.45, 2.75) is 31.3 Å². The lowest BCUT2D eigenvalue weighted by molar-refractivity contribution is -0.136. The van der Waals surface area contributed by atoms with E-state index in [4.69, 9.17) is 0 Å². The minimum absolute atomic E-state index is 0.259. The Morgan fingerprint density at radius 1 is 1.41 bits per heavy atom. The average molecular weight is 324 g/mol. The highest BCUT2D eigenvalue weighted by Crippen LogP contribution is 2.18. The summed E-state index contributed by atoms with van der Waals surface area (Å²) in [4.78, 5) is 25.2. The van der Waals surface area contributed by atoms with Crippen molar-refractivity contribution in [3.63, 3.8) is 0 Å². The van der Waals surface area contributed by atoms with Gasteiger partial charge in [-0.3, -0.25) is 4.79 Å². The first-order valence-corrected chi connectivity index (χ1v) is 9.07. The van der Waals surface area contributed by atoms with E-state index in [1.54, 1.807) is 0 Å². The van der Waals surface area contributed by atoms with Crippen molar-refractivity contribution in [2.24, 2.45) is 0 Å². The Balaban J connectivity index is 2.20. The van der Waals surface area contributed by atoms with Crippen LogP contribution in [0, 0.1) is 0 Å². The lowest BCUT2D eigenvalue weighted by Crippen LogP contribution is -2.51. The number of sulfonamides is 1. The summed E-state index contributed by atoms with van der Waals surface area (Å²) >= 11 is 0. The van der Waals surface area contributed by atoms with Crippen LogP contribution in [0.2, 0.25) is 0 Å². The molecule has 0 saturated carbocycles. The molecule has 2 atom stereocenters. The number of nitrogens with zero attached hydrogens (tertiary/aromatic N) is 1. The molecule has 1 heterocycles. The summed E-state index contributed by atoms with van der Waals surface area (Å²) in [7, 11) is -3.53. The Bertz CT molecular complexity index is 630. The molecule has 7 heteroatoms. The predicted molar refractivity (Wildman–Crippen MR) is 82.7 cm³/mol. The van der Waals surface area contributed by atoms with Gasteiger partial charge in [0.05, 0.1) is 12.3 Å². The van der Waals surface area contributed by atoms with Gasteiger partial charge in [-0.2, -0.15) is 0 Å². The number of carbonyl (C=O) groups excluding carboxylic acids is 2. The van der Waals surface area contributed by atoms with Crippen LogP contribution in [-0.2, 0) is 26.0 Å². The first kappa shape index (κ1) is 16.6. The van der Waals surface area contributed by atoms with Gasteiger partial charge in [-0.15, -0.1) is 0 Å². The molecule has 1 aliphatic rings. The zero-order valence-electron chi connectivity index (χ0n) is 12.4. The van der Waals surface area contributed by atoms with Crippen LogP contribution in [0.5, 0.6) is 0 Å². The fraction of sp³-hybridized carbons (Fsp3) is 0.467. The van der Waals surface area contributed by atoms with Gasteiger partial charge in [-0.05, 0) is 24.8 Å².